The summed E-state index contributed by atoms with van der Waals surface area (Å²) in [6.07, 6.45) is 0.882. The average Bonchev–Trinajstić information content (AvgIpc) is 2.86. The van der Waals surface area contributed by atoms with E-state index < -0.39 is 65.9 Å². The van der Waals surface area contributed by atoms with Crippen LogP contribution in [0.25, 0.3) is 0 Å². The molecule has 1 aromatic carbocycles. The lowest BCUT2D eigenvalue weighted by molar-refractivity contribution is -0.156. The first-order valence-electron chi connectivity index (χ1n) is 12.2. The van der Waals surface area contributed by atoms with Crippen molar-refractivity contribution in [1.82, 2.24) is 20.1 Å². The van der Waals surface area contributed by atoms with E-state index in [-0.39, 0.29) is 19.5 Å². The van der Waals surface area contributed by atoms with E-state index in [4.69, 9.17) is 4.65 Å². The second-order valence-electron chi connectivity index (χ2n) is 9.51. The molecule has 3 atom stereocenters. The van der Waals surface area contributed by atoms with Crippen molar-refractivity contribution in [3.05, 3.63) is 53.1 Å². The number of likely N-dealkylation sites (N-methyl/N-ethyl adjacent to an activating group) is 1. The van der Waals surface area contributed by atoms with Crippen molar-refractivity contribution in [3.63, 3.8) is 0 Å². The zero-order valence-corrected chi connectivity index (χ0v) is 21.2. The zero-order chi connectivity index (χ0) is 27.7. The predicted octanol–water partition coefficient (Wildman–Crippen LogP) is 1.51. The molecule has 0 radical (unpaired) electrons. The van der Waals surface area contributed by atoms with Crippen LogP contribution in [0.3, 0.4) is 0 Å². The molecule has 11 nitrogen and oxygen atoms in total. The number of carbonyl (C=O) groups is 4. The molecule has 1 unspecified atom stereocenters. The van der Waals surface area contributed by atoms with Crippen LogP contribution in [0, 0.1) is 12.7 Å². The van der Waals surface area contributed by atoms with Crippen LogP contribution in [0.5, 0.6) is 11.5 Å². The number of imide groups is 1. The van der Waals surface area contributed by atoms with E-state index in [0.29, 0.717) is 17.1 Å². The van der Waals surface area contributed by atoms with Crippen molar-refractivity contribution in [3.8, 4) is 11.5 Å². The molecule has 0 bridgehead atoms. The van der Waals surface area contributed by atoms with Gasteiger partial charge in [0, 0.05) is 30.9 Å². The first-order valence-corrected chi connectivity index (χ1v) is 12.2. The van der Waals surface area contributed by atoms with Gasteiger partial charge in [0.1, 0.15) is 23.2 Å². The number of hydrogen-bond acceptors (Lipinski definition) is 8. The smallest absolute Gasteiger partial charge is 0.526 e. The molecule has 1 aromatic heterocycles. The summed E-state index contributed by atoms with van der Waals surface area (Å²) in [4.78, 5) is 57.4. The van der Waals surface area contributed by atoms with E-state index in [2.05, 4.69) is 10.3 Å². The zero-order valence-electron chi connectivity index (χ0n) is 21.2. The van der Waals surface area contributed by atoms with E-state index in [0.717, 1.165) is 23.4 Å². The topological polar surface area (TPSA) is 149 Å². The van der Waals surface area contributed by atoms with Crippen molar-refractivity contribution in [2.75, 3.05) is 13.1 Å². The number of carbonyl (C=O) groups excluding carboxylic acids is 4. The molecule has 38 heavy (non-hydrogen) atoms. The quantitative estimate of drug-likeness (QED) is 0.379. The number of piperazine rings is 1. The summed E-state index contributed by atoms with van der Waals surface area (Å²) in [6, 6.07) is 3.00. The van der Waals surface area contributed by atoms with Gasteiger partial charge in [0.25, 0.3) is 0 Å². The van der Waals surface area contributed by atoms with Crippen LogP contribution < -0.4 is 9.97 Å². The SMILES string of the molecule is CCN1C(=O)C(=O)N(C(=O)NC(C(=O)C[C@H]2Cc3cccc(C)c3OB2O)c2ncc(O)cc2F)C[C@H]1C. The van der Waals surface area contributed by atoms with Gasteiger partial charge in [-0.15, -0.1) is 0 Å². The number of halogens is 1. The molecule has 2 aromatic rings. The van der Waals surface area contributed by atoms with Crippen LogP contribution in [0.2, 0.25) is 5.82 Å². The summed E-state index contributed by atoms with van der Waals surface area (Å²) in [5.74, 6) is -4.38. The minimum atomic E-state index is -1.67. The van der Waals surface area contributed by atoms with E-state index >= 15 is 0 Å². The Morgan fingerprint density at radius 2 is 2.05 bits per heavy atom. The fourth-order valence-corrected chi connectivity index (χ4v) is 4.86. The number of para-hydroxylation sites is 1. The molecule has 2 aliphatic heterocycles. The molecular weight excluding hydrogens is 498 g/mol. The van der Waals surface area contributed by atoms with Crippen molar-refractivity contribution in [1.29, 1.82) is 0 Å². The molecule has 200 valence electrons. The molecule has 13 heteroatoms. The minimum absolute atomic E-state index is 0.123. The number of aryl methyl sites for hydroxylation is 1. The maximum atomic E-state index is 14.8. The minimum Gasteiger partial charge on any atom is -0.536 e. The summed E-state index contributed by atoms with van der Waals surface area (Å²) in [7, 11) is -1.33. The van der Waals surface area contributed by atoms with Crippen LogP contribution in [0.4, 0.5) is 9.18 Å². The number of nitrogens with one attached hydrogen (secondary N) is 1. The summed E-state index contributed by atoms with van der Waals surface area (Å²) in [5, 5.41) is 22.5. The van der Waals surface area contributed by atoms with E-state index in [1.165, 1.54) is 4.90 Å². The van der Waals surface area contributed by atoms with Gasteiger partial charge in [0.2, 0.25) is 0 Å². The first-order chi connectivity index (χ1) is 18.0. The number of Topliss-reactive ketones (excluding diaryl/α,β-unsaturated/α-hetero) is 1. The summed E-state index contributed by atoms with van der Waals surface area (Å²) < 4.78 is 20.4. The van der Waals surface area contributed by atoms with Gasteiger partial charge in [-0.25, -0.2) is 9.18 Å². The maximum Gasteiger partial charge on any atom is 0.526 e. The highest BCUT2D eigenvalue weighted by Gasteiger charge is 2.42. The third-order valence-corrected chi connectivity index (χ3v) is 6.85. The van der Waals surface area contributed by atoms with Crippen LogP contribution in [0.1, 0.15) is 43.1 Å². The Morgan fingerprint density at radius 3 is 2.74 bits per heavy atom. The van der Waals surface area contributed by atoms with Gasteiger partial charge in [-0.3, -0.25) is 24.3 Å². The van der Waals surface area contributed by atoms with Crippen molar-refractivity contribution < 1.29 is 38.4 Å². The molecule has 1 fully saturated rings. The molecule has 4 amide bonds. The Morgan fingerprint density at radius 1 is 1.32 bits per heavy atom. The predicted molar refractivity (Wildman–Crippen MR) is 133 cm³/mol. The number of hydrogen-bond donors (Lipinski definition) is 3. The lowest BCUT2D eigenvalue weighted by Gasteiger charge is -2.37. The number of urea groups is 1. The highest BCUT2D eigenvalue weighted by Crippen LogP contribution is 2.37. The average molecular weight is 526 g/mol. The van der Waals surface area contributed by atoms with Gasteiger partial charge in [0.15, 0.2) is 11.6 Å². The Kier molecular flexibility index (Phi) is 7.67. The van der Waals surface area contributed by atoms with Crippen LogP contribution in [-0.2, 0) is 20.8 Å². The number of nitrogens with zero attached hydrogens (tertiary/aromatic N) is 3. The third kappa shape index (κ3) is 5.19. The maximum absolute atomic E-state index is 14.8. The summed E-state index contributed by atoms with van der Waals surface area (Å²) in [5.41, 5.74) is 1.13. The van der Waals surface area contributed by atoms with Crippen molar-refractivity contribution >= 4 is 30.7 Å². The number of fused-ring (bicyclic) bond motifs is 1. The standard InChI is InChI=1S/C25H28BFN4O7/c1-4-30-14(3)12-31(24(35)23(30)34)25(36)29-21(20-18(27)10-17(32)11-28-20)19(33)9-16-8-15-7-5-6-13(2)22(15)38-26(16)37/h5-7,10-11,14,16,21,32,37H,4,8-9,12H2,1-3H3,(H,29,36)/t14-,16-,21?/m1/s1. The second kappa shape index (κ2) is 10.8. The Labute approximate surface area is 218 Å². The summed E-state index contributed by atoms with van der Waals surface area (Å²) in [6.45, 7) is 5.35. The van der Waals surface area contributed by atoms with Crippen LogP contribution in [-0.4, -0.2) is 74.8 Å². The van der Waals surface area contributed by atoms with Gasteiger partial charge < -0.3 is 25.0 Å². The first kappa shape index (κ1) is 27.1. The number of amides is 4. The highest BCUT2D eigenvalue weighted by atomic mass is 19.1. The number of aromatic hydroxyl groups is 1. The Hall–Kier alpha value is -4.00. The Bertz CT molecular complexity index is 1290. The number of aromatic nitrogens is 1. The molecule has 0 aliphatic carbocycles. The third-order valence-electron chi connectivity index (χ3n) is 6.85. The number of rotatable bonds is 6. The lowest BCUT2D eigenvalue weighted by Crippen LogP contribution is -2.62. The number of pyridine rings is 1. The second-order valence-corrected chi connectivity index (χ2v) is 9.51. The molecule has 3 N–H and O–H groups in total. The Balaban J connectivity index is 1.59. The van der Waals surface area contributed by atoms with Gasteiger partial charge in [0.05, 0.1) is 12.7 Å². The fraction of sp³-hybridized carbons (Fsp3) is 0.400. The van der Waals surface area contributed by atoms with E-state index in [9.17, 15) is 33.7 Å². The molecule has 4 rings (SSSR count). The van der Waals surface area contributed by atoms with Gasteiger partial charge in [-0.2, -0.15) is 0 Å². The largest absolute Gasteiger partial charge is 0.536 e. The van der Waals surface area contributed by atoms with Crippen molar-refractivity contribution in [2.24, 2.45) is 0 Å². The highest BCUT2D eigenvalue weighted by molar-refractivity contribution is 6.46. The molecule has 0 saturated carbocycles. The van der Waals surface area contributed by atoms with Gasteiger partial charge in [-0.05, 0) is 38.3 Å². The number of benzene rings is 1. The molecule has 1 saturated heterocycles. The lowest BCUT2D eigenvalue weighted by atomic mass is 9.64. The summed E-state index contributed by atoms with van der Waals surface area (Å²) >= 11 is 0. The monoisotopic (exact) mass is 526 g/mol. The van der Waals surface area contributed by atoms with E-state index in [1.807, 2.05) is 25.1 Å². The number of ketones is 1. The van der Waals surface area contributed by atoms with Crippen LogP contribution in [0.15, 0.2) is 30.5 Å². The molecular formula is C25H28BFN4O7. The van der Waals surface area contributed by atoms with Crippen LogP contribution >= 0.6 is 0 Å². The van der Waals surface area contributed by atoms with Gasteiger partial charge in [-0.1, -0.05) is 18.2 Å². The molecule has 3 heterocycles. The molecule has 0 spiro atoms. The van der Waals surface area contributed by atoms with Gasteiger partial charge >= 0.3 is 25.0 Å². The molecule has 2 aliphatic rings. The fourth-order valence-electron chi connectivity index (χ4n) is 4.86. The van der Waals surface area contributed by atoms with E-state index in [1.54, 1.807) is 13.8 Å². The normalized spacial score (nSPS) is 20.1. The van der Waals surface area contributed by atoms with Crippen molar-refractivity contribution in [2.45, 2.75) is 51.5 Å².